The van der Waals surface area contributed by atoms with E-state index in [4.69, 9.17) is 9.47 Å². The van der Waals surface area contributed by atoms with Crippen LogP contribution < -0.4 is 9.47 Å². The van der Waals surface area contributed by atoms with Crippen LogP contribution in [0.3, 0.4) is 0 Å². The number of carbonyl (C=O) groups excluding carboxylic acids is 2. The number of hydrogen-bond acceptors (Lipinski definition) is 4. The first-order valence-electron chi connectivity index (χ1n) is 8.56. The number of esters is 1. The second kappa shape index (κ2) is 7.09. The SMILES string of the molecule is Cc1cccc(O[C@H](C)C(=O)Oc2ccc(C)c3c2C(=O)CCC3)c1. The molecule has 25 heavy (non-hydrogen) atoms. The van der Waals surface area contributed by atoms with Gasteiger partial charge in [0.1, 0.15) is 11.5 Å². The number of ether oxygens (including phenoxy) is 2. The summed E-state index contributed by atoms with van der Waals surface area (Å²) >= 11 is 0. The number of benzene rings is 2. The molecule has 0 bridgehead atoms. The van der Waals surface area contributed by atoms with E-state index in [-0.39, 0.29) is 5.78 Å². The van der Waals surface area contributed by atoms with E-state index >= 15 is 0 Å². The van der Waals surface area contributed by atoms with Crippen LogP contribution in [0.4, 0.5) is 0 Å². The minimum absolute atomic E-state index is 0.0417. The third-order valence-corrected chi connectivity index (χ3v) is 4.46. The van der Waals surface area contributed by atoms with Gasteiger partial charge in [0, 0.05) is 6.42 Å². The summed E-state index contributed by atoms with van der Waals surface area (Å²) in [4.78, 5) is 24.7. The highest BCUT2D eigenvalue weighted by molar-refractivity contribution is 6.02. The molecule has 0 saturated heterocycles. The van der Waals surface area contributed by atoms with Crippen LogP contribution in [0.1, 0.15) is 46.8 Å². The van der Waals surface area contributed by atoms with Gasteiger partial charge in [-0.2, -0.15) is 0 Å². The smallest absolute Gasteiger partial charge is 0.352 e. The molecule has 0 heterocycles. The maximum Gasteiger partial charge on any atom is 0.352 e. The number of ketones is 1. The average molecular weight is 338 g/mol. The van der Waals surface area contributed by atoms with Crippen LogP contribution >= 0.6 is 0 Å². The number of fused-ring (bicyclic) bond motifs is 1. The predicted octanol–water partition coefficient (Wildman–Crippen LogP) is 4.20. The monoisotopic (exact) mass is 338 g/mol. The van der Waals surface area contributed by atoms with Crippen LogP contribution in [0.5, 0.6) is 11.5 Å². The van der Waals surface area contributed by atoms with Crippen LogP contribution in [0.2, 0.25) is 0 Å². The van der Waals surface area contributed by atoms with Crippen LogP contribution in [-0.4, -0.2) is 17.9 Å². The fourth-order valence-electron chi connectivity index (χ4n) is 3.13. The molecule has 0 aromatic heterocycles. The highest BCUT2D eigenvalue weighted by Gasteiger charge is 2.26. The van der Waals surface area contributed by atoms with Gasteiger partial charge < -0.3 is 9.47 Å². The Balaban J connectivity index is 1.78. The van der Waals surface area contributed by atoms with Crippen molar-refractivity contribution in [3.05, 3.63) is 58.7 Å². The molecule has 2 aromatic carbocycles. The largest absolute Gasteiger partial charge is 0.479 e. The molecule has 0 amide bonds. The van der Waals surface area contributed by atoms with Crippen molar-refractivity contribution in [1.82, 2.24) is 0 Å². The van der Waals surface area contributed by atoms with E-state index in [1.165, 1.54) is 0 Å². The molecule has 1 atom stereocenters. The van der Waals surface area contributed by atoms with Crippen molar-refractivity contribution >= 4 is 11.8 Å². The summed E-state index contributed by atoms with van der Waals surface area (Å²) in [5, 5.41) is 0. The van der Waals surface area contributed by atoms with Gasteiger partial charge >= 0.3 is 5.97 Å². The van der Waals surface area contributed by atoms with Crippen LogP contribution in [0, 0.1) is 13.8 Å². The van der Waals surface area contributed by atoms with Crippen molar-refractivity contribution in [1.29, 1.82) is 0 Å². The first kappa shape index (κ1) is 17.2. The molecule has 0 N–H and O–H groups in total. The minimum Gasteiger partial charge on any atom is -0.479 e. The summed E-state index contributed by atoms with van der Waals surface area (Å²) < 4.78 is 11.2. The molecule has 0 unspecified atom stereocenters. The lowest BCUT2D eigenvalue weighted by atomic mass is 9.87. The zero-order chi connectivity index (χ0) is 18.0. The third kappa shape index (κ3) is 3.73. The number of hydrogen-bond donors (Lipinski definition) is 0. The number of rotatable bonds is 4. The molecule has 2 aromatic rings. The van der Waals surface area contributed by atoms with E-state index in [9.17, 15) is 9.59 Å². The summed E-state index contributed by atoms with van der Waals surface area (Å²) in [5.74, 6) is 0.493. The molecule has 130 valence electrons. The van der Waals surface area contributed by atoms with Crippen LogP contribution in [-0.2, 0) is 11.2 Å². The molecule has 0 aliphatic heterocycles. The van der Waals surface area contributed by atoms with Gasteiger partial charge in [-0.15, -0.1) is 0 Å². The summed E-state index contributed by atoms with van der Waals surface area (Å²) in [6.45, 7) is 5.58. The van der Waals surface area contributed by atoms with E-state index in [2.05, 4.69) is 0 Å². The Kier molecular flexibility index (Phi) is 4.88. The Labute approximate surface area is 147 Å². The van der Waals surface area contributed by atoms with E-state index in [1.54, 1.807) is 19.1 Å². The molecular weight excluding hydrogens is 316 g/mol. The molecule has 1 aliphatic rings. The Bertz CT molecular complexity index is 823. The normalized spacial score (nSPS) is 14.6. The second-order valence-corrected chi connectivity index (χ2v) is 6.51. The van der Waals surface area contributed by atoms with Gasteiger partial charge in [-0.25, -0.2) is 4.79 Å². The molecule has 0 saturated carbocycles. The van der Waals surface area contributed by atoms with Crippen molar-refractivity contribution in [3.8, 4) is 11.5 Å². The lowest BCUT2D eigenvalue weighted by molar-refractivity contribution is -0.141. The number of carbonyl (C=O) groups is 2. The lowest BCUT2D eigenvalue weighted by Gasteiger charge is -2.21. The quantitative estimate of drug-likeness (QED) is 0.619. The number of aryl methyl sites for hydroxylation is 2. The van der Waals surface area contributed by atoms with Crippen LogP contribution in [0.15, 0.2) is 36.4 Å². The van der Waals surface area contributed by atoms with E-state index in [1.807, 2.05) is 38.1 Å². The maximum atomic E-state index is 12.4. The fraction of sp³-hybridized carbons (Fsp3) is 0.333. The van der Waals surface area contributed by atoms with E-state index in [0.29, 0.717) is 23.5 Å². The molecule has 3 rings (SSSR count). The van der Waals surface area contributed by atoms with Gasteiger partial charge in [0.25, 0.3) is 0 Å². The van der Waals surface area contributed by atoms with Crippen molar-refractivity contribution in [2.75, 3.05) is 0 Å². The highest BCUT2D eigenvalue weighted by atomic mass is 16.6. The van der Waals surface area contributed by atoms with E-state index in [0.717, 1.165) is 29.5 Å². The van der Waals surface area contributed by atoms with Crippen molar-refractivity contribution in [2.45, 2.75) is 46.1 Å². The topological polar surface area (TPSA) is 52.6 Å². The van der Waals surface area contributed by atoms with Gasteiger partial charge in [0.05, 0.1) is 5.56 Å². The minimum atomic E-state index is -0.766. The second-order valence-electron chi connectivity index (χ2n) is 6.51. The van der Waals surface area contributed by atoms with Crippen molar-refractivity contribution in [2.24, 2.45) is 0 Å². The maximum absolute atomic E-state index is 12.4. The standard InChI is InChI=1S/C21H22O4/c1-13-6-4-7-16(12-13)24-15(3)21(23)25-19-11-10-14(2)17-8-5-9-18(22)20(17)19/h4,6-7,10-12,15H,5,8-9H2,1-3H3/t15-/m1/s1. The van der Waals surface area contributed by atoms with E-state index < -0.39 is 12.1 Å². The zero-order valence-corrected chi connectivity index (χ0v) is 14.8. The fourth-order valence-corrected chi connectivity index (χ4v) is 3.13. The molecular formula is C21H22O4. The van der Waals surface area contributed by atoms with Gasteiger partial charge in [-0.3, -0.25) is 4.79 Å². The third-order valence-electron chi connectivity index (χ3n) is 4.46. The zero-order valence-electron chi connectivity index (χ0n) is 14.8. The van der Waals surface area contributed by atoms with Gasteiger partial charge in [-0.05, 0) is 68.5 Å². The Morgan fingerprint density at radius 3 is 2.68 bits per heavy atom. The molecule has 1 aliphatic carbocycles. The average Bonchev–Trinajstić information content (AvgIpc) is 2.57. The summed E-state index contributed by atoms with van der Waals surface area (Å²) in [6.07, 6.45) is 1.42. The molecule has 4 heteroatoms. The van der Waals surface area contributed by atoms with Crippen LogP contribution in [0.25, 0.3) is 0 Å². The molecule has 0 radical (unpaired) electrons. The van der Waals surface area contributed by atoms with Gasteiger partial charge in [-0.1, -0.05) is 18.2 Å². The Morgan fingerprint density at radius 1 is 1.12 bits per heavy atom. The summed E-state index contributed by atoms with van der Waals surface area (Å²) in [5.41, 5.74) is 3.67. The van der Waals surface area contributed by atoms with Crippen molar-refractivity contribution < 1.29 is 19.1 Å². The Hall–Kier alpha value is -2.62. The highest BCUT2D eigenvalue weighted by Crippen LogP contribution is 2.32. The molecule has 4 nitrogen and oxygen atoms in total. The first-order valence-corrected chi connectivity index (χ1v) is 8.56. The number of Topliss-reactive ketones (excluding diaryl/α,β-unsaturated/α-hetero) is 1. The van der Waals surface area contributed by atoms with Gasteiger partial charge in [0.15, 0.2) is 11.9 Å². The Morgan fingerprint density at radius 2 is 1.92 bits per heavy atom. The van der Waals surface area contributed by atoms with Crippen molar-refractivity contribution in [3.63, 3.8) is 0 Å². The lowest BCUT2D eigenvalue weighted by Crippen LogP contribution is -2.29. The molecule has 0 spiro atoms. The first-order chi connectivity index (χ1) is 12.0. The van der Waals surface area contributed by atoms with Gasteiger partial charge in [0.2, 0.25) is 0 Å². The molecule has 0 fully saturated rings. The predicted molar refractivity (Wildman–Crippen MR) is 95.4 cm³/mol. The summed E-state index contributed by atoms with van der Waals surface area (Å²) in [6, 6.07) is 11.1. The summed E-state index contributed by atoms with van der Waals surface area (Å²) in [7, 11) is 0.